The van der Waals surface area contributed by atoms with Crippen LogP contribution in [0.1, 0.15) is 85.8 Å². The quantitative estimate of drug-likeness (QED) is 0.215. The van der Waals surface area contributed by atoms with E-state index in [0.29, 0.717) is 41.9 Å². The highest BCUT2D eigenvalue weighted by atomic mass is 16.5. The van der Waals surface area contributed by atoms with E-state index in [1.807, 2.05) is 54.6 Å². The second kappa shape index (κ2) is 12.6. The van der Waals surface area contributed by atoms with E-state index in [-0.39, 0.29) is 23.4 Å². The Morgan fingerprint density at radius 3 is 2.31 bits per heavy atom. The number of fused-ring (bicyclic) bond motifs is 1. The van der Waals surface area contributed by atoms with Crippen LogP contribution in [-0.2, 0) is 9.59 Å². The molecule has 0 fully saturated rings. The number of carbonyl (C=O) groups is 3. The van der Waals surface area contributed by atoms with Gasteiger partial charge in [-0.15, -0.1) is 0 Å². The first-order valence-corrected chi connectivity index (χ1v) is 14.6. The summed E-state index contributed by atoms with van der Waals surface area (Å²) in [5.74, 6) is 1.10. The number of amides is 1. The largest absolute Gasteiger partial charge is 0.493 e. The lowest BCUT2D eigenvalue weighted by molar-refractivity contribution is -0.119. The van der Waals surface area contributed by atoms with Crippen molar-refractivity contribution in [3.8, 4) is 11.5 Å². The van der Waals surface area contributed by atoms with Crippen LogP contribution < -0.4 is 19.7 Å². The van der Waals surface area contributed by atoms with Crippen LogP contribution in [-0.4, -0.2) is 31.7 Å². The molecular weight excluding hydrogens is 528 g/mol. The minimum absolute atomic E-state index is 0.0108. The molecule has 0 spiro atoms. The summed E-state index contributed by atoms with van der Waals surface area (Å²) in [5.41, 5.74) is 5.31. The van der Waals surface area contributed by atoms with Gasteiger partial charge in [0.05, 0.1) is 31.6 Å². The van der Waals surface area contributed by atoms with E-state index in [0.717, 1.165) is 47.5 Å². The summed E-state index contributed by atoms with van der Waals surface area (Å²) >= 11 is 0. The molecule has 2 atom stereocenters. The molecule has 0 bridgehead atoms. The average Bonchev–Trinajstić information content (AvgIpc) is 3.15. The average molecular weight is 567 g/mol. The van der Waals surface area contributed by atoms with Gasteiger partial charge in [-0.2, -0.15) is 0 Å². The van der Waals surface area contributed by atoms with Crippen molar-refractivity contribution in [3.05, 3.63) is 94.7 Å². The molecule has 5 rings (SSSR count). The lowest BCUT2D eigenvalue weighted by Crippen LogP contribution is -2.38. The molecule has 1 amide bonds. The van der Waals surface area contributed by atoms with Crippen LogP contribution in [0.15, 0.2) is 78.0 Å². The number of Topliss-reactive ketones (excluding diaryl/α,β-unsaturated/α-hetero) is 2. The van der Waals surface area contributed by atoms with Crippen LogP contribution in [0.3, 0.4) is 0 Å². The van der Waals surface area contributed by atoms with Gasteiger partial charge in [-0.3, -0.25) is 19.3 Å². The van der Waals surface area contributed by atoms with Crippen LogP contribution in [0.2, 0.25) is 0 Å². The number of nitrogens with one attached hydrogen (secondary N) is 1. The van der Waals surface area contributed by atoms with Crippen LogP contribution in [0.5, 0.6) is 11.5 Å². The SMILES string of the molecule is CCCCCC(=O)N1c2ccccc2NC2=C(C(=O)CC(c3ccc(OC)c(OC)c3)C2)C1c1ccc(C(C)=O)cc1. The van der Waals surface area contributed by atoms with Gasteiger partial charge in [0.25, 0.3) is 0 Å². The number of unbranched alkanes of at least 4 members (excludes halogenated alkanes) is 2. The van der Waals surface area contributed by atoms with Crippen molar-refractivity contribution in [3.63, 3.8) is 0 Å². The first-order valence-electron chi connectivity index (χ1n) is 14.6. The summed E-state index contributed by atoms with van der Waals surface area (Å²) in [6.45, 7) is 3.64. The van der Waals surface area contributed by atoms with Crippen molar-refractivity contribution in [1.82, 2.24) is 0 Å². The van der Waals surface area contributed by atoms with Crippen molar-refractivity contribution in [2.24, 2.45) is 0 Å². The third-order valence-corrected chi connectivity index (χ3v) is 8.26. The zero-order chi connectivity index (χ0) is 29.8. The number of anilines is 2. The van der Waals surface area contributed by atoms with Crippen LogP contribution >= 0.6 is 0 Å². The minimum Gasteiger partial charge on any atom is -0.493 e. The Kier molecular flexibility index (Phi) is 8.76. The van der Waals surface area contributed by atoms with E-state index in [1.54, 1.807) is 31.3 Å². The molecule has 7 heteroatoms. The Bertz CT molecular complexity index is 1520. The summed E-state index contributed by atoms with van der Waals surface area (Å²) in [6.07, 6.45) is 4.01. The van der Waals surface area contributed by atoms with Crippen molar-refractivity contribution < 1.29 is 23.9 Å². The molecule has 3 aromatic rings. The van der Waals surface area contributed by atoms with Crippen LogP contribution in [0.25, 0.3) is 0 Å². The fraction of sp³-hybridized carbons (Fsp3) is 0.343. The van der Waals surface area contributed by atoms with Crippen molar-refractivity contribution >= 4 is 28.8 Å². The van der Waals surface area contributed by atoms with Crippen LogP contribution in [0.4, 0.5) is 11.4 Å². The number of rotatable bonds is 9. The fourth-order valence-corrected chi connectivity index (χ4v) is 6.07. The molecule has 0 radical (unpaired) electrons. The van der Waals surface area contributed by atoms with E-state index in [1.165, 1.54) is 6.92 Å². The number of hydrogen-bond donors (Lipinski definition) is 1. The summed E-state index contributed by atoms with van der Waals surface area (Å²) in [4.78, 5) is 42.1. The minimum atomic E-state index is -0.620. The number of para-hydroxylation sites is 2. The second-order valence-corrected chi connectivity index (χ2v) is 11.0. The van der Waals surface area contributed by atoms with Gasteiger partial charge in [-0.25, -0.2) is 0 Å². The second-order valence-electron chi connectivity index (χ2n) is 11.0. The highest BCUT2D eigenvalue weighted by Gasteiger charge is 2.41. The first kappa shape index (κ1) is 29.1. The van der Waals surface area contributed by atoms with Gasteiger partial charge in [0.2, 0.25) is 5.91 Å². The third kappa shape index (κ3) is 5.69. The Hall–Kier alpha value is -4.39. The van der Waals surface area contributed by atoms with E-state index in [2.05, 4.69) is 12.2 Å². The zero-order valence-corrected chi connectivity index (χ0v) is 24.7. The van der Waals surface area contributed by atoms with Crippen molar-refractivity contribution in [2.45, 2.75) is 64.3 Å². The molecule has 0 saturated carbocycles. The highest BCUT2D eigenvalue weighted by Crippen LogP contribution is 2.48. The standard InChI is InChI=1S/C35H38N2O5/c1-5-6-7-12-33(40)37-29-11-9-8-10-27(29)36-28-19-26(25-17-18-31(41-3)32(21-25)42-4)20-30(39)34(28)35(37)24-15-13-23(14-16-24)22(2)38/h8-11,13-18,21,26,35-36H,5-7,12,19-20H2,1-4H3. The summed E-state index contributed by atoms with van der Waals surface area (Å²) in [6, 6.07) is 20.2. The van der Waals surface area contributed by atoms with Crippen LogP contribution in [0, 0.1) is 0 Å². The summed E-state index contributed by atoms with van der Waals surface area (Å²) in [7, 11) is 3.20. The molecule has 3 aromatic carbocycles. The number of allylic oxidation sites excluding steroid dienone is 1. The monoisotopic (exact) mass is 566 g/mol. The van der Waals surface area contributed by atoms with E-state index < -0.39 is 6.04 Å². The highest BCUT2D eigenvalue weighted by molar-refractivity contribution is 6.06. The maximum absolute atomic E-state index is 14.2. The Labute approximate surface area is 247 Å². The van der Waals surface area contributed by atoms with Gasteiger partial charge in [-0.1, -0.05) is 62.2 Å². The molecule has 1 N–H and O–H groups in total. The third-order valence-electron chi connectivity index (χ3n) is 8.26. The maximum atomic E-state index is 14.2. The smallest absolute Gasteiger partial charge is 0.227 e. The first-order chi connectivity index (χ1) is 20.4. The lowest BCUT2D eigenvalue weighted by Gasteiger charge is -2.35. The Morgan fingerprint density at radius 1 is 0.905 bits per heavy atom. The molecular formula is C35H38N2O5. The van der Waals surface area contributed by atoms with E-state index in [4.69, 9.17) is 9.47 Å². The van der Waals surface area contributed by atoms with Gasteiger partial charge in [0, 0.05) is 29.7 Å². The predicted molar refractivity (Wildman–Crippen MR) is 164 cm³/mol. The van der Waals surface area contributed by atoms with Crippen molar-refractivity contribution in [1.29, 1.82) is 0 Å². The number of hydrogen-bond acceptors (Lipinski definition) is 6. The number of nitrogens with zero attached hydrogens (tertiary/aromatic N) is 1. The lowest BCUT2D eigenvalue weighted by atomic mass is 9.78. The van der Waals surface area contributed by atoms with Crippen molar-refractivity contribution in [2.75, 3.05) is 24.4 Å². The topological polar surface area (TPSA) is 84.9 Å². The van der Waals surface area contributed by atoms with Gasteiger partial charge < -0.3 is 14.8 Å². The number of ketones is 2. The summed E-state index contributed by atoms with van der Waals surface area (Å²) in [5, 5.41) is 3.58. The number of benzene rings is 3. The molecule has 1 aliphatic carbocycles. The number of ether oxygens (including phenoxy) is 2. The molecule has 1 aliphatic heterocycles. The van der Waals surface area contributed by atoms with Gasteiger partial charge in [0.1, 0.15) is 0 Å². The number of carbonyl (C=O) groups excluding carboxylic acids is 3. The fourth-order valence-electron chi connectivity index (χ4n) is 6.07. The molecule has 7 nitrogen and oxygen atoms in total. The molecule has 0 saturated heterocycles. The normalized spacial score (nSPS) is 18.0. The van der Waals surface area contributed by atoms with E-state index >= 15 is 0 Å². The molecule has 2 unspecified atom stereocenters. The predicted octanol–water partition coefficient (Wildman–Crippen LogP) is 7.39. The number of methoxy groups -OCH3 is 2. The van der Waals surface area contributed by atoms with Gasteiger partial charge >= 0.3 is 0 Å². The van der Waals surface area contributed by atoms with Gasteiger partial charge in [-0.05, 0) is 61.1 Å². The molecule has 0 aromatic heterocycles. The molecule has 2 aliphatic rings. The van der Waals surface area contributed by atoms with Gasteiger partial charge in [0.15, 0.2) is 23.1 Å². The molecule has 1 heterocycles. The zero-order valence-electron chi connectivity index (χ0n) is 24.7. The Morgan fingerprint density at radius 2 is 1.62 bits per heavy atom. The van der Waals surface area contributed by atoms with E-state index in [9.17, 15) is 14.4 Å². The molecule has 42 heavy (non-hydrogen) atoms. The Balaban J connectivity index is 1.65. The summed E-state index contributed by atoms with van der Waals surface area (Å²) < 4.78 is 11.0. The molecule has 218 valence electrons. The maximum Gasteiger partial charge on any atom is 0.227 e.